The summed E-state index contributed by atoms with van der Waals surface area (Å²) in [5.41, 5.74) is 3.77. The van der Waals surface area contributed by atoms with Crippen LogP contribution in [0.3, 0.4) is 0 Å². The maximum absolute atomic E-state index is 11.5. The second-order valence-corrected chi connectivity index (χ2v) is 2.93. The minimum atomic E-state index is -0.235. The van der Waals surface area contributed by atoms with Crippen molar-refractivity contribution in [3.63, 3.8) is 0 Å². The van der Waals surface area contributed by atoms with Crippen LogP contribution in [0.25, 0.3) is 0 Å². The zero-order chi connectivity index (χ0) is 11.1. The fourth-order valence-electron chi connectivity index (χ4n) is 0.976. The molecule has 0 fully saturated rings. The Morgan fingerprint density at radius 2 is 2.40 bits per heavy atom. The molecular weight excluding hydrogens is 190 g/mol. The van der Waals surface area contributed by atoms with E-state index in [1.807, 2.05) is 19.9 Å². The molecule has 0 spiro atoms. The Hall–Kier alpha value is -1.97. The van der Waals surface area contributed by atoms with Crippen LogP contribution >= 0.6 is 0 Å². The molecular formula is C11H13N3O. The predicted molar refractivity (Wildman–Crippen MR) is 59.7 cm³/mol. The highest BCUT2D eigenvalue weighted by Crippen LogP contribution is 1.99. The molecule has 0 aromatic carbocycles. The lowest BCUT2D eigenvalue weighted by Crippen LogP contribution is -2.17. The Balaban J connectivity index is 2.61. The van der Waals surface area contributed by atoms with Crippen LogP contribution in [0.5, 0.6) is 0 Å². The van der Waals surface area contributed by atoms with Gasteiger partial charge in [-0.15, -0.1) is 0 Å². The van der Waals surface area contributed by atoms with Crippen molar-refractivity contribution in [2.75, 3.05) is 0 Å². The number of pyridine rings is 1. The second kappa shape index (κ2) is 5.70. The summed E-state index contributed by atoms with van der Waals surface area (Å²) in [5, 5.41) is 3.74. The Labute approximate surface area is 88.7 Å². The van der Waals surface area contributed by atoms with Gasteiger partial charge in [0.15, 0.2) is 0 Å². The van der Waals surface area contributed by atoms with Crippen molar-refractivity contribution in [3.8, 4) is 0 Å². The topological polar surface area (TPSA) is 54.4 Å². The number of rotatable bonds is 3. The molecule has 0 aliphatic rings. The molecule has 1 N–H and O–H groups in total. The molecule has 1 rings (SSSR count). The second-order valence-electron chi connectivity index (χ2n) is 2.93. The van der Waals surface area contributed by atoms with Gasteiger partial charge in [-0.05, 0) is 32.1 Å². The van der Waals surface area contributed by atoms with Gasteiger partial charge < -0.3 is 0 Å². The molecule has 0 radical (unpaired) electrons. The van der Waals surface area contributed by atoms with Gasteiger partial charge >= 0.3 is 0 Å². The molecule has 0 aliphatic carbocycles. The Kier molecular flexibility index (Phi) is 4.22. The van der Waals surface area contributed by atoms with E-state index >= 15 is 0 Å². The largest absolute Gasteiger partial charge is 0.271 e. The molecule has 4 nitrogen and oxygen atoms in total. The Morgan fingerprint density at radius 3 is 3.07 bits per heavy atom. The van der Waals surface area contributed by atoms with E-state index in [9.17, 15) is 4.79 Å². The van der Waals surface area contributed by atoms with Gasteiger partial charge in [0.2, 0.25) is 0 Å². The standard InChI is InChI=1S/C11H13N3O/c1-3-4-6-13-14-11(15)10-5-7-12-9(2)8-10/h3-8H,1-2H3,(H,14,15)/b4-3-,13-6-. The van der Waals surface area contributed by atoms with Gasteiger partial charge in [0.05, 0.1) is 0 Å². The first-order valence-corrected chi connectivity index (χ1v) is 4.61. The smallest absolute Gasteiger partial charge is 0.267 e. The van der Waals surface area contributed by atoms with Gasteiger partial charge in [0.25, 0.3) is 5.91 Å². The van der Waals surface area contributed by atoms with Gasteiger partial charge in [-0.2, -0.15) is 5.10 Å². The first-order chi connectivity index (χ1) is 7.24. The summed E-state index contributed by atoms with van der Waals surface area (Å²) in [5.74, 6) is -0.235. The molecule has 1 aromatic rings. The van der Waals surface area contributed by atoms with Crippen LogP contribution in [-0.4, -0.2) is 17.1 Å². The van der Waals surface area contributed by atoms with Crippen molar-refractivity contribution in [2.24, 2.45) is 5.10 Å². The fraction of sp³-hybridized carbons (Fsp3) is 0.182. The van der Waals surface area contributed by atoms with Crippen molar-refractivity contribution in [1.82, 2.24) is 10.4 Å². The summed E-state index contributed by atoms with van der Waals surface area (Å²) in [6.07, 6.45) is 6.68. The highest BCUT2D eigenvalue weighted by molar-refractivity contribution is 5.94. The minimum Gasteiger partial charge on any atom is -0.267 e. The van der Waals surface area contributed by atoms with Crippen LogP contribution in [0.15, 0.2) is 35.6 Å². The summed E-state index contributed by atoms with van der Waals surface area (Å²) in [6, 6.07) is 3.36. The fourth-order valence-corrected chi connectivity index (χ4v) is 0.976. The van der Waals surface area contributed by atoms with E-state index in [1.165, 1.54) is 6.21 Å². The van der Waals surface area contributed by atoms with Crippen LogP contribution in [0.4, 0.5) is 0 Å². The summed E-state index contributed by atoms with van der Waals surface area (Å²) in [6.45, 7) is 3.71. The Bertz CT molecular complexity index is 397. The molecule has 1 heterocycles. The van der Waals surface area contributed by atoms with E-state index in [0.717, 1.165) is 5.69 Å². The first-order valence-electron chi connectivity index (χ1n) is 4.61. The predicted octanol–water partition coefficient (Wildman–Crippen LogP) is 1.68. The molecule has 78 valence electrons. The third-order valence-electron chi connectivity index (χ3n) is 1.68. The third-order valence-corrected chi connectivity index (χ3v) is 1.68. The summed E-state index contributed by atoms with van der Waals surface area (Å²) >= 11 is 0. The zero-order valence-corrected chi connectivity index (χ0v) is 8.77. The number of aryl methyl sites for hydroxylation is 1. The lowest BCUT2D eigenvalue weighted by atomic mass is 10.2. The maximum Gasteiger partial charge on any atom is 0.271 e. The average molecular weight is 203 g/mol. The first kappa shape index (κ1) is 11.1. The number of carbonyl (C=O) groups excluding carboxylic acids is 1. The molecule has 0 atom stereocenters. The number of nitrogens with zero attached hydrogens (tertiary/aromatic N) is 2. The van der Waals surface area contributed by atoms with E-state index in [-0.39, 0.29) is 5.91 Å². The van der Waals surface area contributed by atoms with Crippen LogP contribution in [0, 0.1) is 6.92 Å². The molecule has 0 bridgehead atoms. The van der Waals surface area contributed by atoms with Gasteiger partial charge in [-0.3, -0.25) is 9.78 Å². The van der Waals surface area contributed by atoms with E-state index in [2.05, 4.69) is 15.5 Å². The number of hydrogen-bond acceptors (Lipinski definition) is 3. The SMILES string of the molecule is C/C=C\C=N/NC(=O)c1ccnc(C)c1. The van der Waals surface area contributed by atoms with Gasteiger partial charge in [-0.1, -0.05) is 6.08 Å². The number of hydrazone groups is 1. The van der Waals surface area contributed by atoms with Crippen molar-refractivity contribution in [2.45, 2.75) is 13.8 Å². The lowest BCUT2D eigenvalue weighted by Gasteiger charge is -1.99. The van der Waals surface area contributed by atoms with Crippen molar-refractivity contribution in [1.29, 1.82) is 0 Å². The Morgan fingerprint density at radius 1 is 1.60 bits per heavy atom. The number of hydrogen-bond donors (Lipinski definition) is 1. The van der Waals surface area contributed by atoms with Crippen molar-refractivity contribution < 1.29 is 4.79 Å². The number of allylic oxidation sites excluding steroid dienone is 2. The number of nitrogens with one attached hydrogen (secondary N) is 1. The molecule has 4 heteroatoms. The van der Waals surface area contributed by atoms with Gasteiger partial charge in [0, 0.05) is 23.7 Å². The van der Waals surface area contributed by atoms with Gasteiger partial charge in [0.1, 0.15) is 0 Å². The summed E-state index contributed by atoms with van der Waals surface area (Å²) < 4.78 is 0. The van der Waals surface area contributed by atoms with E-state index < -0.39 is 0 Å². The quantitative estimate of drug-likeness (QED) is 0.600. The summed E-state index contributed by atoms with van der Waals surface area (Å²) in [4.78, 5) is 15.5. The van der Waals surface area contributed by atoms with Crippen molar-refractivity contribution >= 4 is 12.1 Å². The molecule has 1 aromatic heterocycles. The van der Waals surface area contributed by atoms with Crippen molar-refractivity contribution in [3.05, 3.63) is 41.7 Å². The van der Waals surface area contributed by atoms with Crippen LogP contribution in [0.1, 0.15) is 23.0 Å². The number of carbonyl (C=O) groups is 1. The highest BCUT2D eigenvalue weighted by Gasteiger charge is 2.03. The van der Waals surface area contributed by atoms with E-state index in [1.54, 1.807) is 24.4 Å². The number of amides is 1. The van der Waals surface area contributed by atoms with Crippen LogP contribution in [0.2, 0.25) is 0 Å². The zero-order valence-electron chi connectivity index (χ0n) is 8.77. The van der Waals surface area contributed by atoms with Crippen LogP contribution in [-0.2, 0) is 0 Å². The third kappa shape index (κ3) is 3.72. The maximum atomic E-state index is 11.5. The minimum absolute atomic E-state index is 0.235. The van der Waals surface area contributed by atoms with Crippen LogP contribution < -0.4 is 5.43 Å². The van der Waals surface area contributed by atoms with E-state index in [4.69, 9.17) is 0 Å². The molecule has 0 aliphatic heterocycles. The average Bonchev–Trinajstić information content (AvgIpc) is 2.24. The molecule has 15 heavy (non-hydrogen) atoms. The highest BCUT2D eigenvalue weighted by atomic mass is 16.2. The monoisotopic (exact) mass is 203 g/mol. The molecule has 0 saturated carbocycles. The molecule has 0 saturated heterocycles. The lowest BCUT2D eigenvalue weighted by molar-refractivity contribution is 0.0955. The summed E-state index contributed by atoms with van der Waals surface area (Å²) in [7, 11) is 0. The molecule has 1 amide bonds. The number of aromatic nitrogens is 1. The normalized spacial score (nSPS) is 11.1. The van der Waals surface area contributed by atoms with E-state index in [0.29, 0.717) is 5.56 Å². The van der Waals surface area contributed by atoms with Gasteiger partial charge in [-0.25, -0.2) is 5.43 Å². The molecule has 0 unspecified atom stereocenters.